The molecule has 4 nitrogen and oxygen atoms in total. The van der Waals surface area contributed by atoms with Gasteiger partial charge in [-0.25, -0.2) is 17.8 Å². The molecule has 0 amide bonds. The first-order chi connectivity index (χ1) is 10.5. The number of hydrogen-bond acceptors (Lipinski definition) is 3. The Hall–Kier alpha value is -1.87. The number of halogens is 5. The molecule has 0 bridgehead atoms. The number of anilines is 1. The molecule has 2 aromatic rings. The van der Waals surface area contributed by atoms with Gasteiger partial charge >= 0.3 is 6.18 Å². The quantitative estimate of drug-likeness (QED) is 0.658. The monoisotopic (exact) mass is 368 g/mol. The lowest BCUT2D eigenvalue weighted by molar-refractivity contribution is -0.140. The molecule has 124 valence electrons. The molecule has 0 aliphatic rings. The Balaban J connectivity index is 2.43. The number of nitrogens with zero attached hydrogens (tertiary/aromatic N) is 1. The van der Waals surface area contributed by atoms with E-state index < -0.39 is 32.5 Å². The highest BCUT2D eigenvalue weighted by molar-refractivity contribution is 7.92. The lowest BCUT2D eigenvalue weighted by atomic mass is 10.2. The first-order valence-corrected chi connectivity index (χ1v) is 7.89. The second-order valence-electron chi connectivity index (χ2n) is 4.54. The number of alkyl halides is 3. The maximum Gasteiger partial charge on any atom is 0.419 e. The van der Waals surface area contributed by atoms with Crippen LogP contribution in [0.2, 0.25) is 5.15 Å². The van der Waals surface area contributed by atoms with Crippen LogP contribution in [0.4, 0.5) is 23.2 Å². The van der Waals surface area contributed by atoms with Gasteiger partial charge in [0.15, 0.2) is 5.15 Å². The smallest absolute Gasteiger partial charge is 0.276 e. The van der Waals surface area contributed by atoms with E-state index in [0.29, 0.717) is 23.8 Å². The highest BCUT2D eigenvalue weighted by atomic mass is 35.5. The van der Waals surface area contributed by atoms with Crippen molar-refractivity contribution in [2.45, 2.75) is 18.0 Å². The van der Waals surface area contributed by atoms with Gasteiger partial charge in [-0.1, -0.05) is 11.6 Å². The molecular formula is C13H9ClF4N2O2S. The Morgan fingerprint density at radius 3 is 2.39 bits per heavy atom. The highest BCUT2D eigenvalue weighted by Crippen LogP contribution is 2.33. The molecule has 10 heteroatoms. The summed E-state index contributed by atoms with van der Waals surface area (Å²) in [4.78, 5) is 3.03. The summed E-state index contributed by atoms with van der Waals surface area (Å²) in [5, 5.41) is -0.138. The number of pyridine rings is 1. The Morgan fingerprint density at radius 1 is 1.22 bits per heavy atom. The lowest BCUT2D eigenvalue weighted by Gasteiger charge is -2.13. The van der Waals surface area contributed by atoms with E-state index in [1.165, 1.54) is 12.3 Å². The van der Waals surface area contributed by atoms with Gasteiger partial charge in [-0.2, -0.15) is 13.2 Å². The van der Waals surface area contributed by atoms with Crippen LogP contribution in [0.5, 0.6) is 0 Å². The summed E-state index contributed by atoms with van der Waals surface area (Å²) >= 11 is 5.78. The maximum atomic E-state index is 13.5. The zero-order valence-electron chi connectivity index (χ0n) is 11.4. The zero-order chi connectivity index (χ0) is 17.4. The van der Waals surface area contributed by atoms with Crippen molar-refractivity contribution in [3.05, 3.63) is 52.6 Å². The molecule has 1 heterocycles. The summed E-state index contributed by atoms with van der Waals surface area (Å²) in [7, 11) is -4.32. The van der Waals surface area contributed by atoms with Crippen molar-refractivity contribution in [2.24, 2.45) is 0 Å². The molecule has 0 atom stereocenters. The van der Waals surface area contributed by atoms with E-state index in [2.05, 4.69) is 9.71 Å². The van der Waals surface area contributed by atoms with Crippen LogP contribution in [0.25, 0.3) is 0 Å². The lowest BCUT2D eigenvalue weighted by Crippen LogP contribution is -2.16. The fraction of sp³-hybridized carbons (Fsp3) is 0.154. The van der Waals surface area contributed by atoms with Crippen molar-refractivity contribution in [1.29, 1.82) is 0 Å². The minimum Gasteiger partial charge on any atom is -0.276 e. The van der Waals surface area contributed by atoms with Crippen molar-refractivity contribution < 1.29 is 26.0 Å². The van der Waals surface area contributed by atoms with Gasteiger partial charge in [0, 0.05) is 6.20 Å². The molecule has 0 unspecified atom stereocenters. The van der Waals surface area contributed by atoms with Crippen LogP contribution in [0.1, 0.15) is 11.1 Å². The summed E-state index contributed by atoms with van der Waals surface area (Å²) in [6.45, 7) is 1.55. The van der Waals surface area contributed by atoms with E-state index in [9.17, 15) is 26.0 Å². The molecule has 0 fully saturated rings. The van der Waals surface area contributed by atoms with Crippen LogP contribution in [0, 0.1) is 12.7 Å². The average molecular weight is 369 g/mol. The Kier molecular flexibility index (Phi) is 4.54. The highest BCUT2D eigenvalue weighted by Gasteiger charge is 2.34. The minimum absolute atomic E-state index is 0.0329. The molecule has 0 radical (unpaired) electrons. The van der Waals surface area contributed by atoms with Crippen LogP contribution in [-0.2, 0) is 16.2 Å². The van der Waals surface area contributed by atoms with Gasteiger partial charge < -0.3 is 0 Å². The number of sulfonamides is 1. The molecule has 0 aliphatic carbocycles. The molecule has 1 aromatic heterocycles. The molecule has 0 spiro atoms. The summed E-state index contributed by atoms with van der Waals surface area (Å²) in [5.41, 5.74) is -1.14. The van der Waals surface area contributed by atoms with Gasteiger partial charge in [-0.15, -0.1) is 0 Å². The molecule has 2 rings (SSSR count). The molecule has 1 N–H and O–H groups in total. The number of nitrogens with one attached hydrogen (secondary N) is 1. The molecular weight excluding hydrogens is 360 g/mol. The van der Waals surface area contributed by atoms with Gasteiger partial charge in [0.2, 0.25) is 0 Å². The van der Waals surface area contributed by atoms with Gasteiger partial charge in [0.05, 0.1) is 16.1 Å². The fourth-order valence-electron chi connectivity index (χ4n) is 1.73. The summed E-state index contributed by atoms with van der Waals surface area (Å²) in [6.07, 6.45) is -3.56. The Morgan fingerprint density at radius 2 is 1.87 bits per heavy atom. The van der Waals surface area contributed by atoms with Crippen LogP contribution >= 0.6 is 11.6 Å². The van der Waals surface area contributed by atoms with Crippen molar-refractivity contribution >= 4 is 27.3 Å². The van der Waals surface area contributed by atoms with E-state index in [1.54, 1.807) is 6.92 Å². The number of aryl methyl sites for hydroxylation is 1. The predicted molar refractivity (Wildman–Crippen MR) is 76.2 cm³/mol. The summed E-state index contributed by atoms with van der Waals surface area (Å²) < 4.78 is 77.5. The minimum atomic E-state index is -4.91. The Bertz CT molecular complexity index is 833. The second-order valence-corrected chi connectivity index (χ2v) is 6.58. The fourth-order valence-corrected chi connectivity index (χ4v) is 3.19. The van der Waals surface area contributed by atoms with Gasteiger partial charge in [0.1, 0.15) is 5.82 Å². The number of aromatic nitrogens is 1. The van der Waals surface area contributed by atoms with E-state index in [0.717, 1.165) is 0 Å². The van der Waals surface area contributed by atoms with Gasteiger partial charge in [-0.3, -0.25) is 4.72 Å². The van der Waals surface area contributed by atoms with Crippen molar-refractivity contribution in [1.82, 2.24) is 4.98 Å². The van der Waals surface area contributed by atoms with Crippen LogP contribution in [0.15, 0.2) is 35.4 Å². The van der Waals surface area contributed by atoms with Crippen LogP contribution in [-0.4, -0.2) is 13.4 Å². The van der Waals surface area contributed by atoms with Crippen molar-refractivity contribution in [2.75, 3.05) is 4.72 Å². The number of benzene rings is 1. The van der Waals surface area contributed by atoms with Crippen molar-refractivity contribution in [3.63, 3.8) is 0 Å². The molecule has 23 heavy (non-hydrogen) atoms. The number of hydrogen-bond donors (Lipinski definition) is 1. The molecule has 0 saturated carbocycles. The SMILES string of the molecule is Cc1ccnc(Cl)c1NS(=O)(=O)c1ccc(C(F)(F)F)c(F)c1. The number of rotatable bonds is 3. The third kappa shape index (κ3) is 3.73. The zero-order valence-corrected chi connectivity index (χ0v) is 13.0. The first-order valence-electron chi connectivity index (χ1n) is 6.03. The van der Waals surface area contributed by atoms with Crippen LogP contribution in [0.3, 0.4) is 0 Å². The largest absolute Gasteiger partial charge is 0.419 e. The summed E-state index contributed by atoms with van der Waals surface area (Å²) in [6, 6.07) is 2.80. The Labute approximate surface area is 134 Å². The normalized spacial score (nSPS) is 12.3. The average Bonchev–Trinajstić information content (AvgIpc) is 2.41. The van der Waals surface area contributed by atoms with E-state index in [-0.39, 0.29) is 10.8 Å². The van der Waals surface area contributed by atoms with Gasteiger partial charge in [0.25, 0.3) is 10.0 Å². The van der Waals surface area contributed by atoms with E-state index >= 15 is 0 Å². The molecule has 0 aliphatic heterocycles. The third-order valence-electron chi connectivity index (χ3n) is 2.91. The summed E-state index contributed by atoms with van der Waals surface area (Å²) in [5.74, 6) is -1.69. The van der Waals surface area contributed by atoms with Gasteiger partial charge in [-0.05, 0) is 36.8 Å². The molecule has 1 aromatic carbocycles. The predicted octanol–water partition coefficient (Wildman–Crippen LogP) is 4.00. The standard InChI is InChI=1S/C13H9ClF4N2O2S/c1-7-4-5-19-12(14)11(7)20-23(21,22)8-2-3-9(10(15)6-8)13(16,17)18/h2-6,20H,1H3. The van der Waals surface area contributed by atoms with E-state index in [1.807, 2.05) is 0 Å². The second kappa shape index (κ2) is 5.97. The van der Waals surface area contributed by atoms with E-state index in [4.69, 9.17) is 11.6 Å². The van der Waals surface area contributed by atoms with Crippen molar-refractivity contribution in [3.8, 4) is 0 Å². The topological polar surface area (TPSA) is 59.1 Å². The first kappa shape index (κ1) is 17.5. The third-order valence-corrected chi connectivity index (χ3v) is 4.54. The maximum absolute atomic E-state index is 13.5. The van der Waals surface area contributed by atoms with Crippen LogP contribution < -0.4 is 4.72 Å². The molecule has 0 saturated heterocycles.